The van der Waals surface area contributed by atoms with Crippen LogP contribution in [-0.2, 0) is 29.4 Å². The Balaban J connectivity index is 1.39. The number of hydrogen-bond acceptors (Lipinski definition) is 8. The lowest BCUT2D eigenvalue weighted by Gasteiger charge is -2.14. The summed E-state index contributed by atoms with van der Waals surface area (Å²) in [5.74, 6) is 0.963. The third kappa shape index (κ3) is 5.28. The number of rotatable bonds is 8. The molecule has 4 rings (SSSR count). The lowest BCUT2D eigenvalue weighted by Crippen LogP contribution is -2.17. The Kier molecular flexibility index (Phi) is 7.57. The van der Waals surface area contributed by atoms with E-state index in [1.54, 1.807) is 0 Å². The minimum absolute atomic E-state index is 0.141. The van der Waals surface area contributed by atoms with Gasteiger partial charge in [-0.2, -0.15) is 0 Å². The summed E-state index contributed by atoms with van der Waals surface area (Å²) in [7, 11) is 3.22. The lowest BCUT2D eigenvalue weighted by molar-refractivity contribution is -0.113. The summed E-state index contributed by atoms with van der Waals surface area (Å²) in [5, 5.41) is 12.6. The van der Waals surface area contributed by atoms with E-state index in [-0.39, 0.29) is 17.8 Å². The van der Waals surface area contributed by atoms with Crippen LogP contribution in [0.25, 0.3) is 0 Å². The van der Waals surface area contributed by atoms with E-state index in [0.717, 1.165) is 47.4 Å². The average Bonchev–Trinajstić information content (AvgIpc) is 3.38. The molecule has 2 heterocycles. The van der Waals surface area contributed by atoms with Gasteiger partial charge in [0.25, 0.3) is 0 Å². The van der Waals surface area contributed by atoms with Crippen molar-refractivity contribution in [3.05, 3.63) is 51.7 Å². The number of thioether (sulfide) groups is 1. The minimum atomic E-state index is -0.400. The molecule has 1 N–H and O–H groups in total. The fourth-order valence-electron chi connectivity index (χ4n) is 3.94. The Morgan fingerprint density at radius 3 is 2.68 bits per heavy atom. The molecule has 0 radical (unpaired) electrons. The van der Waals surface area contributed by atoms with Crippen molar-refractivity contribution in [2.75, 3.05) is 18.2 Å². The molecule has 0 saturated heterocycles. The minimum Gasteiger partial charge on any atom is -0.483 e. The maximum absolute atomic E-state index is 12.7. The molecule has 180 valence electrons. The highest BCUT2D eigenvalue weighted by atomic mass is 32.2. The van der Waals surface area contributed by atoms with Gasteiger partial charge in [0.15, 0.2) is 17.1 Å². The first-order valence-corrected chi connectivity index (χ1v) is 13.0. The zero-order chi connectivity index (χ0) is 24.2. The van der Waals surface area contributed by atoms with E-state index in [9.17, 15) is 9.59 Å². The fourth-order valence-corrected chi connectivity index (χ4v) is 5.96. The van der Waals surface area contributed by atoms with Crippen molar-refractivity contribution >= 4 is 40.0 Å². The van der Waals surface area contributed by atoms with Gasteiger partial charge in [-0.3, -0.25) is 4.79 Å². The van der Waals surface area contributed by atoms with E-state index in [0.29, 0.717) is 21.5 Å². The third-order valence-electron chi connectivity index (χ3n) is 5.71. The zero-order valence-corrected chi connectivity index (χ0v) is 21.3. The molecule has 8 nitrogen and oxygen atoms in total. The van der Waals surface area contributed by atoms with Crippen LogP contribution in [0, 0.1) is 6.92 Å². The van der Waals surface area contributed by atoms with Gasteiger partial charge in [-0.1, -0.05) is 29.5 Å². The smallest absolute Gasteiger partial charge is 0.341 e. The molecule has 0 bridgehead atoms. The number of hydrogen-bond donors (Lipinski definition) is 1. The first-order chi connectivity index (χ1) is 16.4. The predicted molar refractivity (Wildman–Crippen MR) is 133 cm³/mol. The van der Waals surface area contributed by atoms with E-state index in [1.807, 2.05) is 49.7 Å². The second kappa shape index (κ2) is 10.6. The van der Waals surface area contributed by atoms with Gasteiger partial charge in [0.05, 0.1) is 18.4 Å². The number of amides is 1. The van der Waals surface area contributed by atoms with Gasteiger partial charge in [-0.25, -0.2) is 4.79 Å². The number of carbonyl (C=O) groups excluding carboxylic acids is 2. The molecule has 34 heavy (non-hydrogen) atoms. The maximum atomic E-state index is 12.7. The number of nitrogens with zero attached hydrogens (tertiary/aromatic N) is 3. The quantitative estimate of drug-likeness (QED) is 0.353. The molecule has 0 spiro atoms. The van der Waals surface area contributed by atoms with Crippen LogP contribution in [0.2, 0.25) is 0 Å². The van der Waals surface area contributed by atoms with Gasteiger partial charge in [-0.15, -0.1) is 21.5 Å². The van der Waals surface area contributed by atoms with Crippen LogP contribution >= 0.6 is 23.1 Å². The SMILES string of the molecule is COC(=O)c1c(NC(=O)CSc2nnc(C(C)Oc3ccc(C)cc3)n2C)sc2c1CCCC2. The molecule has 1 aromatic carbocycles. The van der Waals surface area contributed by atoms with Gasteiger partial charge < -0.3 is 19.4 Å². The Labute approximate surface area is 207 Å². The first kappa shape index (κ1) is 24.3. The lowest BCUT2D eigenvalue weighted by atomic mass is 9.95. The average molecular weight is 501 g/mol. The number of aromatic nitrogens is 3. The van der Waals surface area contributed by atoms with Crippen LogP contribution in [0.4, 0.5) is 5.00 Å². The number of ether oxygens (including phenoxy) is 2. The standard InChI is InChI=1S/C24H28N4O4S2/c1-14-9-11-16(12-10-14)32-15(2)21-26-27-24(28(21)3)33-13-19(29)25-22-20(23(30)31-4)17-7-5-6-8-18(17)34-22/h9-12,15H,5-8,13H2,1-4H3,(H,25,29). The number of esters is 1. The zero-order valence-electron chi connectivity index (χ0n) is 19.7. The van der Waals surface area contributed by atoms with Crippen molar-refractivity contribution in [1.82, 2.24) is 14.8 Å². The Morgan fingerprint density at radius 1 is 1.21 bits per heavy atom. The number of benzene rings is 1. The van der Waals surface area contributed by atoms with Crippen LogP contribution in [0.15, 0.2) is 29.4 Å². The molecule has 3 aromatic rings. The molecule has 1 atom stereocenters. The van der Waals surface area contributed by atoms with Crippen molar-refractivity contribution in [2.24, 2.45) is 7.05 Å². The van der Waals surface area contributed by atoms with Crippen LogP contribution in [0.1, 0.15) is 58.1 Å². The van der Waals surface area contributed by atoms with Crippen molar-refractivity contribution in [3.63, 3.8) is 0 Å². The maximum Gasteiger partial charge on any atom is 0.341 e. The molecule has 0 saturated carbocycles. The number of nitrogens with one attached hydrogen (secondary N) is 1. The Hall–Kier alpha value is -2.85. The van der Waals surface area contributed by atoms with E-state index >= 15 is 0 Å². The Bertz CT molecular complexity index is 1190. The van der Waals surface area contributed by atoms with Crippen molar-refractivity contribution in [3.8, 4) is 5.75 Å². The van der Waals surface area contributed by atoms with E-state index in [2.05, 4.69) is 15.5 Å². The highest BCUT2D eigenvalue weighted by Crippen LogP contribution is 2.38. The molecule has 2 aromatic heterocycles. The van der Waals surface area contributed by atoms with Crippen LogP contribution in [0.5, 0.6) is 5.75 Å². The normalized spacial score (nSPS) is 13.8. The summed E-state index contributed by atoms with van der Waals surface area (Å²) < 4.78 is 12.8. The highest BCUT2D eigenvalue weighted by molar-refractivity contribution is 7.99. The van der Waals surface area contributed by atoms with Gasteiger partial charge in [0, 0.05) is 11.9 Å². The first-order valence-electron chi connectivity index (χ1n) is 11.2. The molecule has 1 aliphatic rings. The van der Waals surface area contributed by atoms with Crippen molar-refractivity contribution < 1.29 is 19.1 Å². The van der Waals surface area contributed by atoms with Gasteiger partial charge in [0.2, 0.25) is 5.91 Å². The van der Waals surface area contributed by atoms with Crippen LogP contribution in [-0.4, -0.2) is 39.5 Å². The molecule has 1 unspecified atom stereocenters. The second-order valence-corrected chi connectivity index (χ2v) is 10.3. The number of carbonyl (C=O) groups is 2. The predicted octanol–water partition coefficient (Wildman–Crippen LogP) is 4.72. The summed E-state index contributed by atoms with van der Waals surface area (Å²) in [6, 6.07) is 7.84. The number of aryl methyl sites for hydroxylation is 2. The van der Waals surface area contributed by atoms with E-state index in [1.165, 1.54) is 30.2 Å². The van der Waals surface area contributed by atoms with E-state index in [4.69, 9.17) is 9.47 Å². The van der Waals surface area contributed by atoms with Gasteiger partial charge in [0.1, 0.15) is 10.8 Å². The third-order valence-corrected chi connectivity index (χ3v) is 7.94. The number of thiophene rings is 1. The monoisotopic (exact) mass is 500 g/mol. The number of anilines is 1. The van der Waals surface area contributed by atoms with Gasteiger partial charge in [-0.05, 0) is 57.2 Å². The summed E-state index contributed by atoms with van der Waals surface area (Å²) in [4.78, 5) is 26.3. The van der Waals surface area contributed by atoms with Crippen LogP contribution in [0.3, 0.4) is 0 Å². The highest BCUT2D eigenvalue weighted by Gasteiger charge is 2.27. The molecule has 1 aliphatic carbocycles. The van der Waals surface area contributed by atoms with Crippen molar-refractivity contribution in [1.29, 1.82) is 0 Å². The topological polar surface area (TPSA) is 95.3 Å². The largest absolute Gasteiger partial charge is 0.483 e. The summed E-state index contributed by atoms with van der Waals surface area (Å²) in [6.07, 6.45) is 3.60. The Morgan fingerprint density at radius 2 is 1.94 bits per heavy atom. The summed E-state index contributed by atoms with van der Waals surface area (Å²) in [5.41, 5.74) is 2.69. The molecule has 1 amide bonds. The van der Waals surface area contributed by atoms with E-state index < -0.39 is 5.97 Å². The van der Waals surface area contributed by atoms with Crippen molar-refractivity contribution in [2.45, 2.75) is 50.8 Å². The summed E-state index contributed by atoms with van der Waals surface area (Å²) in [6.45, 7) is 3.94. The summed E-state index contributed by atoms with van der Waals surface area (Å²) >= 11 is 2.76. The molecule has 0 fully saturated rings. The molecule has 0 aliphatic heterocycles. The molecular weight excluding hydrogens is 472 g/mol. The number of fused-ring (bicyclic) bond motifs is 1. The fraction of sp³-hybridized carbons (Fsp3) is 0.417. The van der Waals surface area contributed by atoms with Crippen LogP contribution < -0.4 is 10.1 Å². The molecular formula is C24H28N4O4S2. The van der Waals surface area contributed by atoms with Gasteiger partial charge >= 0.3 is 5.97 Å². The molecule has 10 heteroatoms. The second-order valence-electron chi connectivity index (χ2n) is 8.22. The number of methoxy groups -OCH3 is 1.